The molecule has 4 rings (SSSR count). The molecule has 4 aromatic rings. The SMILES string of the molecule is Cc1ccc(-c2nc3ncccn3c2NC(=O)c2cccc(Cl)c2)cc1. The number of aryl methyl sites for hydroxylation is 1. The molecule has 0 fully saturated rings. The highest BCUT2D eigenvalue weighted by atomic mass is 35.5. The van der Waals surface area contributed by atoms with E-state index in [0.29, 0.717) is 27.9 Å². The van der Waals surface area contributed by atoms with Crippen LogP contribution in [0.1, 0.15) is 15.9 Å². The monoisotopic (exact) mass is 362 g/mol. The number of carbonyl (C=O) groups is 1. The van der Waals surface area contributed by atoms with Crippen molar-refractivity contribution in [2.75, 3.05) is 5.32 Å². The van der Waals surface area contributed by atoms with Crippen molar-refractivity contribution in [3.63, 3.8) is 0 Å². The lowest BCUT2D eigenvalue weighted by Crippen LogP contribution is -2.14. The van der Waals surface area contributed by atoms with Gasteiger partial charge >= 0.3 is 0 Å². The molecule has 0 bridgehead atoms. The Labute approximate surface area is 155 Å². The van der Waals surface area contributed by atoms with E-state index < -0.39 is 0 Å². The second-order valence-corrected chi connectivity index (χ2v) is 6.37. The van der Waals surface area contributed by atoms with E-state index in [-0.39, 0.29) is 5.91 Å². The van der Waals surface area contributed by atoms with E-state index in [0.717, 1.165) is 11.1 Å². The standard InChI is InChI=1S/C20H15ClN4O/c1-13-6-8-14(9-7-13)17-18(25-11-3-10-22-20(25)23-17)24-19(26)15-4-2-5-16(21)12-15/h2-12H,1H3,(H,24,26). The molecule has 2 aromatic carbocycles. The maximum absolute atomic E-state index is 12.7. The number of nitrogens with one attached hydrogen (secondary N) is 1. The van der Waals surface area contributed by atoms with Crippen LogP contribution in [0.25, 0.3) is 17.0 Å². The van der Waals surface area contributed by atoms with Crippen LogP contribution in [0, 0.1) is 6.92 Å². The number of fused-ring (bicyclic) bond motifs is 1. The Morgan fingerprint density at radius 3 is 2.69 bits per heavy atom. The summed E-state index contributed by atoms with van der Waals surface area (Å²) >= 11 is 6.00. The predicted molar refractivity (Wildman–Crippen MR) is 103 cm³/mol. The van der Waals surface area contributed by atoms with Crippen LogP contribution < -0.4 is 5.32 Å². The van der Waals surface area contributed by atoms with Crippen molar-refractivity contribution in [2.45, 2.75) is 6.92 Å². The summed E-state index contributed by atoms with van der Waals surface area (Å²) in [5.41, 5.74) is 3.20. The van der Waals surface area contributed by atoms with Gasteiger partial charge < -0.3 is 5.32 Å². The molecule has 26 heavy (non-hydrogen) atoms. The average Bonchev–Trinajstić information content (AvgIpc) is 3.01. The van der Waals surface area contributed by atoms with Crippen LogP contribution in [0.4, 0.5) is 5.82 Å². The molecular weight excluding hydrogens is 348 g/mol. The number of rotatable bonds is 3. The molecule has 0 saturated heterocycles. The van der Waals surface area contributed by atoms with Gasteiger partial charge in [0.05, 0.1) is 0 Å². The maximum Gasteiger partial charge on any atom is 0.256 e. The van der Waals surface area contributed by atoms with Crippen LogP contribution in [0.2, 0.25) is 5.02 Å². The number of anilines is 1. The molecule has 0 radical (unpaired) electrons. The van der Waals surface area contributed by atoms with E-state index in [1.165, 1.54) is 0 Å². The number of aromatic nitrogens is 3. The number of hydrogen-bond acceptors (Lipinski definition) is 3. The molecule has 2 heterocycles. The highest BCUT2D eigenvalue weighted by molar-refractivity contribution is 6.31. The van der Waals surface area contributed by atoms with Gasteiger partial charge in [0.15, 0.2) is 0 Å². The molecule has 128 valence electrons. The fourth-order valence-electron chi connectivity index (χ4n) is 2.73. The molecule has 0 unspecified atom stereocenters. The molecule has 6 heteroatoms. The number of hydrogen-bond donors (Lipinski definition) is 1. The van der Waals surface area contributed by atoms with Gasteiger partial charge in [-0.2, -0.15) is 0 Å². The Kier molecular flexibility index (Phi) is 4.14. The Hall–Kier alpha value is -3.18. The van der Waals surface area contributed by atoms with Gasteiger partial charge in [0.2, 0.25) is 5.78 Å². The van der Waals surface area contributed by atoms with Gasteiger partial charge in [0.1, 0.15) is 11.5 Å². The van der Waals surface area contributed by atoms with Crippen molar-refractivity contribution in [2.24, 2.45) is 0 Å². The van der Waals surface area contributed by atoms with Crippen molar-refractivity contribution >= 4 is 29.1 Å². The molecule has 1 amide bonds. The second-order valence-electron chi connectivity index (χ2n) is 5.93. The number of amides is 1. The molecule has 0 atom stereocenters. The zero-order valence-corrected chi connectivity index (χ0v) is 14.7. The van der Waals surface area contributed by atoms with Gasteiger partial charge in [-0.05, 0) is 31.2 Å². The Balaban J connectivity index is 1.81. The number of carbonyl (C=O) groups excluding carboxylic acids is 1. The fraction of sp³-hybridized carbons (Fsp3) is 0.0500. The molecule has 0 aliphatic rings. The third kappa shape index (κ3) is 3.05. The number of benzene rings is 2. The smallest absolute Gasteiger partial charge is 0.256 e. The van der Waals surface area contributed by atoms with Crippen LogP contribution in [-0.2, 0) is 0 Å². The van der Waals surface area contributed by atoms with Crippen LogP contribution in [0.5, 0.6) is 0 Å². The molecule has 2 aromatic heterocycles. The van der Waals surface area contributed by atoms with Gasteiger partial charge in [-0.25, -0.2) is 9.97 Å². The number of imidazole rings is 1. The van der Waals surface area contributed by atoms with Crippen molar-refractivity contribution < 1.29 is 4.79 Å². The molecule has 1 N–H and O–H groups in total. The zero-order chi connectivity index (χ0) is 18.1. The zero-order valence-electron chi connectivity index (χ0n) is 14.0. The largest absolute Gasteiger partial charge is 0.306 e. The Bertz CT molecular complexity index is 1100. The summed E-state index contributed by atoms with van der Waals surface area (Å²) < 4.78 is 1.76. The summed E-state index contributed by atoms with van der Waals surface area (Å²) in [5, 5.41) is 3.46. The van der Waals surface area contributed by atoms with Crippen LogP contribution in [0.3, 0.4) is 0 Å². The summed E-state index contributed by atoms with van der Waals surface area (Å²) in [6.07, 6.45) is 3.49. The van der Waals surface area contributed by atoms with Gasteiger partial charge in [0.25, 0.3) is 5.91 Å². The molecule has 0 aliphatic heterocycles. The Morgan fingerprint density at radius 2 is 1.92 bits per heavy atom. The minimum absolute atomic E-state index is 0.258. The third-order valence-electron chi connectivity index (χ3n) is 4.05. The van der Waals surface area contributed by atoms with E-state index in [1.54, 1.807) is 40.9 Å². The fourth-order valence-corrected chi connectivity index (χ4v) is 2.92. The quantitative estimate of drug-likeness (QED) is 0.579. The van der Waals surface area contributed by atoms with E-state index in [4.69, 9.17) is 11.6 Å². The minimum Gasteiger partial charge on any atom is -0.306 e. The minimum atomic E-state index is -0.258. The maximum atomic E-state index is 12.7. The van der Waals surface area contributed by atoms with Crippen LogP contribution >= 0.6 is 11.6 Å². The lowest BCUT2D eigenvalue weighted by molar-refractivity contribution is 0.102. The van der Waals surface area contributed by atoms with Crippen LogP contribution in [-0.4, -0.2) is 20.3 Å². The second kappa shape index (κ2) is 6.61. The first-order chi connectivity index (χ1) is 12.6. The van der Waals surface area contributed by atoms with E-state index in [9.17, 15) is 4.79 Å². The first-order valence-corrected chi connectivity index (χ1v) is 8.46. The van der Waals surface area contributed by atoms with E-state index in [1.807, 2.05) is 37.4 Å². The molecule has 0 saturated carbocycles. The molecule has 0 aliphatic carbocycles. The summed E-state index contributed by atoms with van der Waals surface area (Å²) in [7, 11) is 0. The van der Waals surface area contributed by atoms with Crippen molar-refractivity contribution in [3.05, 3.63) is 83.1 Å². The van der Waals surface area contributed by atoms with Gasteiger partial charge in [-0.3, -0.25) is 9.20 Å². The Morgan fingerprint density at radius 1 is 1.12 bits per heavy atom. The van der Waals surface area contributed by atoms with E-state index >= 15 is 0 Å². The van der Waals surface area contributed by atoms with Crippen molar-refractivity contribution in [3.8, 4) is 11.3 Å². The lowest BCUT2D eigenvalue weighted by atomic mass is 10.1. The van der Waals surface area contributed by atoms with Crippen molar-refractivity contribution in [1.29, 1.82) is 0 Å². The summed E-state index contributed by atoms with van der Waals surface area (Å²) in [5.74, 6) is 0.831. The summed E-state index contributed by atoms with van der Waals surface area (Å²) in [6.45, 7) is 2.02. The van der Waals surface area contributed by atoms with Gasteiger partial charge in [0, 0.05) is 28.5 Å². The van der Waals surface area contributed by atoms with Crippen molar-refractivity contribution in [1.82, 2.24) is 14.4 Å². The normalized spacial score (nSPS) is 10.8. The van der Waals surface area contributed by atoms with Gasteiger partial charge in [-0.15, -0.1) is 0 Å². The molecule has 5 nitrogen and oxygen atoms in total. The predicted octanol–water partition coefficient (Wildman–Crippen LogP) is 4.61. The van der Waals surface area contributed by atoms with Gasteiger partial charge in [-0.1, -0.05) is 47.5 Å². The average molecular weight is 363 g/mol. The third-order valence-corrected chi connectivity index (χ3v) is 4.28. The highest BCUT2D eigenvalue weighted by Gasteiger charge is 2.17. The molecular formula is C20H15ClN4O. The lowest BCUT2D eigenvalue weighted by Gasteiger charge is -2.08. The molecule has 0 spiro atoms. The first kappa shape index (κ1) is 16.3. The number of halogens is 1. The number of nitrogens with zero attached hydrogens (tertiary/aromatic N) is 3. The summed E-state index contributed by atoms with van der Waals surface area (Å²) in [6, 6.07) is 16.6. The highest BCUT2D eigenvalue weighted by Crippen LogP contribution is 2.29. The topological polar surface area (TPSA) is 59.3 Å². The summed E-state index contributed by atoms with van der Waals surface area (Å²) in [4.78, 5) is 21.6. The van der Waals surface area contributed by atoms with Crippen LogP contribution in [0.15, 0.2) is 67.0 Å². The first-order valence-electron chi connectivity index (χ1n) is 8.09. The van der Waals surface area contributed by atoms with E-state index in [2.05, 4.69) is 15.3 Å².